The van der Waals surface area contributed by atoms with E-state index in [0.29, 0.717) is 18.0 Å². The second kappa shape index (κ2) is 7.09. The second-order valence-electron chi connectivity index (χ2n) is 7.13. The van der Waals surface area contributed by atoms with Gasteiger partial charge in [-0.15, -0.1) is 0 Å². The Hall–Kier alpha value is -2.18. The van der Waals surface area contributed by atoms with Gasteiger partial charge in [0, 0.05) is 35.6 Å². The zero-order valence-electron chi connectivity index (χ0n) is 15.3. The van der Waals surface area contributed by atoms with Crippen molar-refractivity contribution in [3.05, 3.63) is 65.6 Å². The maximum Gasteiger partial charge on any atom is 0.243 e. The van der Waals surface area contributed by atoms with Crippen LogP contribution < -0.4 is 0 Å². The molecule has 2 heterocycles. The van der Waals surface area contributed by atoms with E-state index >= 15 is 0 Å². The quantitative estimate of drug-likeness (QED) is 0.721. The van der Waals surface area contributed by atoms with Gasteiger partial charge in [-0.1, -0.05) is 19.1 Å². The molecule has 1 N–H and O–H groups in total. The fraction of sp³-hybridized carbons (Fsp3) is 0.333. The van der Waals surface area contributed by atoms with Crippen molar-refractivity contribution in [2.45, 2.75) is 37.0 Å². The van der Waals surface area contributed by atoms with Gasteiger partial charge in [-0.3, -0.25) is 0 Å². The van der Waals surface area contributed by atoms with E-state index in [1.54, 1.807) is 22.5 Å². The van der Waals surface area contributed by atoms with Crippen molar-refractivity contribution in [1.82, 2.24) is 9.29 Å². The molecule has 0 atom stereocenters. The summed E-state index contributed by atoms with van der Waals surface area (Å²) in [5.74, 6) is 0.0115. The number of halogens is 1. The maximum absolute atomic E-state index is 13.4. The van der Waals surface area contributed by atoms with Crippen LogP contribution in [0.1, 0.15) is 36.9 Å². The van der Waals surface area contributed by atoms with Gasteiger partial charge < -0.3 is 4.98 Å². The Balaban J connectivity index is 1.48. The monoisotopic (exact) mass is 386 g/mol. The van der Waals surface area contributed by atoms with E-state index in [1.807, 2.05) is 25.1 Å². The van der Waals surface area contributed by atoms with Crippen LogP contribution in [0.5, 0.6) is 0 Å². The fourth-order valence-corrected chi connectivity index (χ4v) is 5.27. The van der Waals surface area contributed by atoms with E-state index in [2.05, 4.69) is 4.98 Å². The van der Waals surface area contributed by atoms with Crippen molar-refractivity contribution in [1.29, 1.82) is 0 Å². The van der Waals surface area contributed by atoms with E-state index in [0.717, 1.165) is 41.4 Å². The third kappa shape index (κ3) is 3.51. The van der Waals surface area contributed by atoms with Crippen LogP contribution in [0.3, 0.4) is 0 Å². The van der Waals surface area contributed by atoms with Crippen LogP contribution >= 0.6 is 0 Å². The summed E-state index contributed by atoms with van der Waals surface area (Å²) in [7, 11) is -3.45. The smallest absolute Gasteiger partial charge is 0.243 e. The SMILES string of the molecule is CCc1ccc(S(=O)(=O)N2CCC(c3cc4cc(F)ccc4[nH]3)CC2)cc1. The van der Waals surface area contributed by atoms with Gasteiger partial charge in [-0.2, -0.15) is 4.31 Å². The molecule has 1 aliphatic rings. The van der Waals surface area contributed by atoms with Crippen molar-refractivity contribution < 1.29 is 12.8 Å². The predicted molar refractivity (Wildman–Crippen MR) is 105 cm³/mol. The average Bonchev–Trinajstić information content (AvgIpc) is 3.11. The Bertz CT molecular complexity index is 1050. The number of hydrogen-bond acceptors (Lipinski definition) is 2. The molecule has 142 valence electrons. The Morgan fingerprint density at radius 3 is 2.44 bits per heavy atom. The molecule has 6 heteroatoms. The van der Waals surface area contributed by atoms with Gasteiger partial charge in [0.1, 0.15) is 5.82 Å². The van der Waals surface area contributed by atoms with E-state index in [9.17, 15) is 12.8 Å². The van der Waals surface area contributed by atoms with E-state index < -0.39 is 10.0 Å². The van der Waals surface area contributed by atoms with Crippen molar-refractivity contribution in [2.75, 3.05) is 13.1 Å². The molecule has 1 aromatic heterocycles. The maximum atomic E-state index is 13.4. The van der Waals surface area contributed by atoms with Crippen LogP contribution in [-0.4, -0.2) is 30.8 Å². The van der Waals surface area contributed by atoms with Crippen molar-refractivity contribution >= 4 is 20.9 Å². The van der Waals surface area contributed by atoms with E-state index in [4.69, 9.17) is 0 Å². The first-order valence-electron chi connectivity index (χ1n) is 9.34. The van der Waals surface area contributed by atoms with Gasteiger partial charge in [-0.05, 0) is 61.2 Å². The van der Waals surface area contributed by atoms with Gasteiger partial charge in [0.15, 0.2) is 0 Å². The standard InChI is InChI=1S/C21H23FN2O2S/c1-2-15-3-6-19(7-4-15)27(25,26)24-11-9-16(10-12-24)21-14-17-13-18(22)5-8-20(17)23-21/h3-8,13-14,16,23H,2,9-12H2,1H3. The van der Waals surface area contributed by atoms with Crippen LogP contribution in [0.4, 0.5) is 4.39 Å². The third-order valence-corrected chi connectivity index (χ3v) is 7.38. The summed E-state index contributed by atoms with van der Waals surface area (Å²) in [5, 5.41) is 0.857. The lowest BCUT2D eigenvalue weighted by atomic mass is 9.95. The number of rotatable bonds is 4. The number of piperidine rings is 1. The Kier molecular flexibility index (Phi) is 4.78. The topological polar surface area (TPSA) is 53.2 Å². The van der Waals surface area contributed by atoms with Crippen LogP contribution in [-0.2, 0) is 16.4 Å². The summed E-state index contributed by atoms with van der Waals surface area (Å²) in [4.78, 5) is 3.72. The van der Waals surface area contributed by atoms with Crippen molar-refractivity contribution in [3.63, 3.8) is 0 Å². The summed E-state index contributed by atoms with van der Waals surface area (Å²) in [6.07, 6.45) is 2.39. The number of fused-ring (bicyclic) bond motifs is 1. The number of nitrogens with one attached hydrogen (secondary N) is 1. The number of nitrogens with zero attached hydrogens (tertiary/aromatic N) is 1. The lowest BCUT2D eigenvalue weighted by Gasteiger charge is -2.30. The molecule has 0 unspecified atom stereocenters. The minimum absolute atomic E-state index is 0.247. The van der Waals surface area contributed by atoms with Gasteiger partial charge >= 0.3 is 0 Å². The number of hydrogen-bond donors (Lipinski definition) is 1. The molecular formula is C21H23FN2O2S. The summed E-state index contributed by atoms with van der Waals surface area (Å²) in [5.41, 5.74) is 3.10. The highest BCUT2D eigenvalue weighted by molar-refractivity contribution is 7.89. The average molecular weight is 386 g/mol. The summed E-state index contributed by atoms with van der Waals surface area (Å²) in [6.45, 7) is 3.03. The Morgan fingerprint density at radius 1 is 1.07 bits per heavy atom. The van der Waals surface area contributed by atoms with Crippen LogP contribution in [0.15, 0.2) is 53.4 Å². The van der Waals surface area contributed by atoms with E-state index in [1.165, 1.54) is 12.1 Å². The highest BCUT2D eigenvalue weighted by Crippen LogP contribution is 2.32. The molecule has 1 saturated heterocycles. The molecule has 0 amide bonds. The minimum atomic E-state index is -3.45. The van der Waals surface area contributed by atoms with Crippen molar-refractivity contribution in [2.24, 2.45) is 0 Å². The molecule has 4 nitrogen and oxygen atoms in total. The Labute approximate surface area is 159 Å². The highest BCUT2D eigenvalue weighted by atomic mass is 32.2. The zero-order chi connectivity index (χ0) is 19.0. The minimum Gasteiger partial charge on any atom is -0.358 e. The molecule has 1 aliphatic heterocycles. The molecule has 0 saturated carbocycles. The molecule has 0 radical (unpaired) electrons. The zero-order valence-corrected chi connectivity index (χ0v) is 16.1. The normalized spacial score (nSPS) is 16.8. The summed E-state index contributed by atoms with van der Waals surface area (Å²) in [6, 6.07) is 13.9. The van der Waals surface area contributed by atoms with Gasteiger partial charge in [0.25, 0.3) is 0 Å². The van der Waals surface area contributed by atoms with Crippen LogP contribution in [0, 0.1) is 5.82 Å². The molecule has 0 aliphatic carbocycles. The highest BCUT2D eigenvalue weighted by Gasteiger charge is 2.30. The molecule has 0 spiro atoms. The molecule has 4 rings (SSSR count). The van der Waals surface area contributed by atoms with Crippen molar-refractivity contribution in [3.8, 4) is 0 Å². The lowest BCUT2D eigenvalue weighted by Crippen LogP contribution is -2.37. The van der Waals surface area contributed by atoms with Crippen LogP contribution in [0.25, 0.3) is 10.9 Å². The molecule has 27 heavy (non-hydrogen) atoms. The van der Waals surface area contributed by atoms with Gasteiger partial charge in [0.05, 0.1) is 4.90 Å². The first kappa shape index (κ1) is 18.2. The predicted octanol–water partition coefficient (Wildman–Crippen LogP) is 4.44. The van der Waals surface area contributed by atoms with Crippen LogP contribution in [0.2, 0.25) is 0 Å². The number of aromatic amines is 1. The fourth-order valence-electron chi connectivity index (χ4n) is 3.80. The molecule has 2 aromatic carbocycles. The number of aryl methyl sites for hydroxylation is 1. The lowest BCUT2D eigenvalue weighted by molar-refractivity contribution is 0.317. The second-order valence-corrected chi connectivity index (χ2v) is 9.07. The number of aromatic nitrogens is 1. The van der Waals surface area contributed by atoms with Gasteiger partial charge in [0.2, 0.25) is 10.0 Å². The first-order valence-corrected chi connectivity index (χ1v) is 10.8. The summed E-state index contributed by atoms with van der Waals surface area (Å²) >= 11 is 0. The number of H-pyrrole nitrogens is 1. The third-order valence-electron chi connectivity index (χ3n) is 5.47. The number of benzene rings is 2. The number of sulfonamides is 1. The molecule has 3 aromatic rings. The largest absolute Gasteiger partial charge is 0.358 e. The Morgan fingerprint density at radius 2 is 1.78 bits per heavy atom. The van der Waals surface area contributed by atoms with E-state index in [-0.39, 0.29) is 11.7 Å². The van der Waals surface area contributed by atoms with Gasteiger partial charge in [-0.25, -0.2) is 12.8 Å². The summed E-state index contributed by atoms with van der Waals surface area (Å²) < 4.78 is 40.7. The molecule has 0 bridgehead atoms. The molecular weight excluding hydrogens is 363 g/mol. The molecule has 1 fully saturated rings. The first-order chi connectivity index (χ1) is 13.0.